The molecule has 1 aliphatic heterocycles. The minimum absolute atomic E-state index is 0.163. The summed E-state index contributed by atoms with van der Waals surface area (Å²) in [4.78, 5) is 35.4. The molecule has 1 fully saturated rings. The van der Waals surface area contributed by atoms with Crippen LogP contribution in [0.2, 0.25) is 5.02 Å². The lowest BCUT2D eigenvalue weighted by molar-refractivity contribution is -0.222. The van der Waals surface area contributed by atoms with Crippen LogP contribution in [0, 0.1) is 0 Å². The van der Waals surface area contributed by atoms with E-state index in [1.807, 2.05) is 0 Å². The van der Waals surface area contributed by atoms with Gasteiger partial charge in [-0.1, -0.05) is 11.6 Å². The second-order valence-electron chi connectivity index (χ2n) is 5.86. The largest absolute Gasteiger partial charge is 0.490 e. The van der Waals surface area contributed by atoms with Gasteiger partial charge in [-0.05, 0) is 24.6 Å². The third-order valence-corrected chi connectivity index (χ3v) is 3.68. The van der Waals surface area contributed by atoms with E-state index < -0.39 is 23.7 Å². The van der Waals surface area contributed by atoms with Crippen LogP contribution in [0.3, 0.4) is 0 Å². The fourth-order valence-electron chi connectivity index (χ4n) is 2.17. The number of halogens is 1. The highest BCUT2D eigenvalue weighted by Gasteiger charge is 2.39. The highest BCUT2D eigenvalue weighted by Crippen LogP contribution is 2.35. The number of cyclic esters (lactones) is 2. The van der Waals surface area contributed by atoms with Gasteiger partial charge in [0.2, 0.25) is 0 Å². The Hall–Kier alpha value is -2.74. The summed E-state index contributed by atoms with van der Waals surface area (Å²) >= 11 is 6.22. The lowest BCUT2D eigenvalue weighted by Crippen LogP contribution is -2.41. The zero-order valence-electron chi connectivity index (χ0n) is 15.3. The van der Waals surface area contributed by atoms with Gasteiger partial charge in [0.1, 0.15) is 5.57 Å². The molecule has 1 aromatic rings. The Balaban J connectivity index is 2.37. The molecule has 146 valence electrons. The minimum Gasteiger partial charge on any atom is -0.490 e. The maximum atomic E-state index is 12.1. The van der Waals surface area contributed by atoms with Crippen molar-refractivity contribution in [3.8, 4) is 11.5 Å². The molecule has 0 aromatic heterocycles. The van der Waals surface area contributed by atoms with Crippen molar-refractivity contribution >= 4 is 35.6 Å². The smallest absolute Gasteiger partial charge is 0.348 e. The monoisotopic (exact) mass is 398 g/mol. The summed E-state index contributed by atoms with van der Waals surface area (Å²) in [6.07, 6.45) is 1.24. The van der Waals surface area contributed by atoms with Gasteiger partial charge in [-0.25, -0.2) is 14.4 Å². The van der Waals surface area contributed by atoms with Gasteiger partial charge >= 0.3 is 17.9 Å². The second kappa shape index (κ2) is 8.30. The molecule has 0 bridgehead atoms. The van der Waals surface area contributed by atoms with E-state index in [-0.39, 0.29) is 28.7 Å². The number of rotatable bonds is 6. The Morgan fingerprint density at radius 2 is 1.74 bits per heavy atom. The molecule has 0 aliphatic carbocycles. The predicted octanol–water partition coefficient (Wildman–Crippen LogP) is 2.51. The lowest BCUT2D eigenvalue weighted by Gasteiger charge is -2.29. The number of hydrogen-bond acceptors (Lipinski definition) is 8. The topological polar surface area (TPSA) is 97.4 Å². The highest BCUT2D eigenvalue weighted by atomic mass is 35.5. The molecule has 1 saturated heterocycles. The van der Waals surface area contributed by atoms with Gasteiger partial charge in [0.25, 0.3) is 5.79 Å². The zero-order chi connectivity index (χ0) is 20.2. The summed E-state index contributed by atoms with van der Waals surface area (Å²) in [6.45, 7) is 4.64. The normalized spacial score (nSPS) is 15.5. The molecule has 0 saturated carbocycles. The fourth-order valence-corrected chi connectivity index (χ4v) is 2.38. The van der Waals surface area contributed by atoms with Crippen LogP contribution in [0.25, 0.3) is 6.08 Å². The first kappa shape index (κ1) is 20.6. The van der Waals surface area contributed by atoms with E-state index in [2.05, 4.69) is 4.74 Å². The number of carbonyl (C=O) groups is 3. The molecular formula is C18H19ClO8. The Kier molecular flexibility index (Phi) is 6.32. The summed E-state index contributed by atoms with van der Waals surface area (Å²) in [5, 5.41) is 0.163. The fraction of sp³-hybridized carbons (Fsp3) is 0.389. The molecule has 0 spiro atoms. The number of benzene rings is 1. The van der Waals surface area contributed by atoms with Crippen LogP contribution in [0.5, 0.6) is 11.5 Å². The molecule has 27 heavy (non-hydrogen) atoms. The van der Waals surface area contributed by atoms with E-state index in [1.54, 1.807) is 6.92 Å². The van der Waals surface area contributed by atoms with Gasteiger partial charge < -0.3 is 23.7 Å². The van der Waals surface area contributed by atoms with Gasteiger partial charge in [-0.2, -0.15) is 0 Å². The van der Waals surface area contributed by atoms with E-state index >= 15 is 0 Å². The van der Waals surface area contributed by atoms with Crippen LogP contribution in [0.4, 0.5) is 0 Å². The van der Waals surface area contributed by atoms with Crippen molar-refractivity contribution < 1.29 is 38.1 Å². The molecule has 0 radical (unpaired) electrons. The van der Waals surface area contributed by atoms with E-state index in [1.165, 1.54) is 39.2 Å². The molecule has 1 heterocycles. The minimum atomic E-state index is -1.34. The van der Waals surface area contributed by atoms with E-state index in [0.717, 1.165) is 0 Å². The van der Waals surface area contributed by atoms with Crippen molar-refractivity contribution in [2.45, 2.75) is 26.6 Å². The van der Waals surface area contributed by atoms with E-state index in [0.29, 0.717) is 12.2 Å². The van der Waals surface area contributed by atoms with Crippen LogP contribution in [-0.4, -0.2) is 44.0 Å². The summed E-state index contributed by atoms with van der Waals surface area (Å²) in [5.74, 6) is -3.07. The summed E-state index contributed by atoms with van der Waals surface area (Å²) in [7, 11) is 1.24. The first-order valence-electron chi connectivity index (χ1n) is 8.01. The lowest BCUT2D eigenvalue weighted by atomic mass is 10.1. The Bertz CT molecular complexity index is 775. The Morgan fingerprint density at radius 1 is 1.15 bits per heavy atom. The molecule has 0 N–H and O–H groups in total. The van der Waals surface area contributed by atoms with Crippen LogP contribution < -0.4 is 9.47 Å². The number of esters is 3. The SMILES string of the molecule is CCOc1cc(C=C2C(=O)OC(C)(C)OC2=O)c(Cl)cc1OCC(=O)OC. The number of carbonyl (C=O) groups excluding carboxylic acids is 3. The zero-order valence-corrected chi connectivity index (χ0v) is 16.0. The first-order chi connectivity index (χ1) is 12.7. The third-order valence-electron chi connectivity index (χ3n) is 3.35. The van der Waals surface area contributed by atoms with Crippen LogP contribution in [0.15, 0.2) is 17.7 Å². The van der Waals surface area contributed by atoms with Crippen molar-refractivity contribution in [2.75, 3.05) is 20.3 Å². The second-order valence-corrected chi connectivity index (χ2v) is 6.26. The number of hydrogen-bond donors (Lipinski definition) is 0. The average molecular weight is 399 g/mol. The molecule has 8 nitrogen and oxygen atoms in total. The summed E-state index contributed by atoms with van der Waals surface area (Å²) in [5.41, 5.74) is 0.0102. The van der Waals surface area contributed by atoms with Gasteiger partial charge in [0.15, 0.2) is 18.1 Å². The van der Waals surface area contributed by atoms with E-state index in [4.69, 9.17) is 30.5 Å². The van der Waals surface area contributed by atoms with E-state index in [9.17, 15) is 14.4 Å². The quantitative estimate of drug-likeness (QED) is 0.409. The molecule has 2 rings (SSSR count). The third kappa shape index (κ3) is 5.13. The molecule has 0 unspecified atom stereocenters. The maximum absolute atomic E-state index is 12.1. The molecule has 1 aliphatic rings. The van der Waals surface area contributed by atoms with Crippen molar-refractivity contribution in [1.82, 2.24) is 0 Å². The van der Waals surface area contributed by atoms with Gasteiger partial charge in [0, 0.05) is 19.9 Å². The van der Waals surface area contributed by atoms with Gasteiger partial charge in [-0.15, -0.1) is 0 Å². The molecule has 9 heteroatoms. The maximum Gasteiger partial charge on any atom is 0.348 e. The van der Waals surface area contributed by atoms with Crippen molar-refractivity contribution in [2.24, 2.45) is 0 Å². The van der Waals surface area contributed by atoms with Gasteiger partial charge in [0.05, 0.1) is 18.7 Å². The average Bonchev–Trinajstić information content (AvgIpc) is 2.57. The van der Waals surface area contributed by atoms with Crippen LogP contribution >= 0.6 is 11.6 Å². The molecular weight excluding hydrogens is 380 g/mol. The van der Waals surface area contributed by atoms with Crippen LogP contribution in [-0.2, 0) is 28.6 Å². The first-order valence-corrected chi connectivity index (χ1v) is 8.39. The standard InChI is InChI=1S/C18H19ClO8/c1-5-24-13-7-10(12(19)8-14(13)25-9-15(20)23-4)6-11-16(21)26-18(2,3)27-17(11)22/h6-8H,5,9H2,1-4H3. The number of ether oxygens (including phenoxy) is 5. The summed E-state index contributed by atoms with van der Waals surface area (Å²) in [6, 6.07) is 2.89. The number of methoxy groups -OCH3 is 1. The van der Waals surface area contributed by atoms with Crippen LogP contribution in [0.1, 0.15) is 26.3 Å². The summed E-state index contributed by atoms with van der Waals surface area (Å²) < 4.78 is 25.4. The molecule has 0 amide bonds. The van der Waals surface area contributed by atoms with Crippen molar-refractivity contribution in [3.63, 3.8) is 0 Å². The van der Waals surface area contributed by atoms with Crippen molar-refractivity contribution in [1.29, 1.82) is 0 Å². The highest BCUT2D eigenvalue weighted by molar-refractivity contribution is 6.32. The molecule has 0 atom stereocenters. The Morgan fingerprint density at radius 3 is 2.30 bits per heavy atom. The molecule has 1 aromatic carbocycles. The van der Waals surface area contributed by atoms with Crippen molar-refractivity contribution in [3.05, 3.63) is 28.3 Å². The van der Waals surface area contributed by atoms with Gasteiger partial charge in [-0.3, -0.25) is 0 Å². The predicted molar refractivity (Wildman–Crippen MR) is 94.4 cm³/mol. The Labute approximate surface area is 160 Å².